The van der Waals surface area contributed by atoms with Gasteiger partial charge in [0.25, 0.3) is 0 Å². The van der Waals surface area contributed by atoms with Crippen LogP contribution >= 0.6 is 0 Å². The predicted octanol–water partition coefficient (Wildman–Crippen LogP) is 5.65. The minimum atomic E-state index is -0.196. The molecular formula is C25H28N2O4. The Bertz CT molecular complexity index is 1060. The standard InChI is InChI=1S/C25H28N2O4/c1-16(2)20-7-6-8-21(14-20)26-25(28)12-10-19-9-11-23(24(13-19)29-5)30-15-22-17(3)27-31-18(22)4/h6-14,16H,15H2,1-5H3,(H,26,28). The fourth-order valence-electron chi connectivity index (χ4n) is 3.10. The molecule has 0 spiro atoms. The average Bonchev–Trinajstić information content (AvgIpc) is 3.08. The Kier molecular flexibility index (Phi) is 7.13. The van der Waals surface area contributed by atoms with Gasteiger partial charge in [0.15, 0.2) is 11.5 Å². The lowest BCUT2D eigenvalue weighted by molar-refractivity contribution is -0.111. The summed E-state index contributed by atoms with van der Waals surface area (Å²) in [6, 6.07) is 13.4. The highest BCUT2D eigenvalue weighted by Crippen LogP contribution is 2.30. The van der Waals surface area contributed by atoms with Crippen LogP contribution in [0.25, 0.3) is 6.08 Å². The molecule has 2 aromatic carbocycles. The molecule has 0 saturated carbocycles. The number of benzene rings is 2. The number of nitrogens with one attached hydrogen (secondary N) is 1. The fourth-order valence-corrected chi connectivity index (χ4v) is 3.10. The van der Waals surface area contributed by atoms with Crippen LogP contribution in [-0.4, -0.2) is 18.2 Å². The van der Waals surface area contributed by atoms with Gasteiger partial charge in [-0.15, -0.1) is 0 Å². The van der Waals surface area contributed by atoms with Crippen LogP contribution in [0.15, 0.2) is 53.1 Å². The second-order valence-corrected chi connectivity index (χ2v) is 7.60. The van der Waals surface area contributed by atoms with Crippen molar-refractivity contribution in [1.29, 1.82) is 0 Å². The average molecular weight is 421 g/mol. The summed E-state index contributed by atoms with van der Waals surface area (Å²) in [7, 11) is 1.58. The number of amides is 1. The Balaban J connectivity index is 1.65. The van der Waals surface area contributed by atoms with E-state index in [0.29, 0.717) is 24.0 Å². The van der Waals surface area contributed by atoms with Gasteiger partial charge in [0.05, 0.1) is 18.4 Å². The molecule has 0 fully saturated rings. The van der Waals surface area contributed by atoms with Gasteiger partial charge < -0.3 is 19.3 Å². The Morgan fingerprint density at radius 1 is 1.16 bits per heavy atom. The first-order valence-electron chi connectivity index (χ1n) is 10.2. The molecule has 1 aromatic heterocycles. The number of aromatic nitrogens is 1. The van der Waals surface area contributed by atoms with E-state index in [1.165, 1.54) is 11.6 Å². The van der Waals surface area contributed by atoms with Gasteiger partial charge in [-0.1, -0.05) is 37.2 Å². The first kappa shape index (κ1) is 22.2. The van der Waals surface area contributed by atoms with Crippen molar-refractivity contribution in [3.8, 4) is 11.5 Å². The SMILES string of the molecule is COc1cc(C=CC(=O)Nc2cccc(C(C)C)c2)ccc1OCc1c(C)noc1C. The predicted molar refractivity (Wildman–Crippen MR) is 121 cm³/mol. The molecular weight excluding hydrogens is 392 g/mol. The van der Waals surface area contributed by atoms with Gasteiger partial charge in [0.1, 0.15) is 12.4 Å². The number of anilines is 1. The van der Waals surface area contributed by atoms with Crippen molar-refractivity contribution < 1.29 is 18.8 Å². The Hall–Kier alpha value is -3.54. The van der Waals surface area contributed by atoms with Crippen LogP contribution in [-0.2, 0) is 11.4 Å². The summed E-state index contributed by atoms with van der Waals surface area (Å²) in [6.45, 7) is 8.31. The molecule has 0 radical (unpaired) electrons. The highest BCUT2D eigenvalue weighted by atomic mass is 16.5. The summed E-state index contributed by atoms with van der Waals surface area (Å²) in [5, 5.41) is 6.83. The molecule has 0 aliphatic heterocycles. The van der Waals surface area contributed by atoms with Crippen molar-refractivity contribution in [1.82, 2.24) is 5.16 Å². The summed E-state index contributed by atoms with van der Waals surface area (Å²) in [4.78, 5) is 12.3. The highest BCUT2D eigenvalue weighted by molar-refractivity contribution is 6.02. The highest BCUT2D eigenvalue weighted by Gasteiger charge is 2.12. The maximum absolute atomic E-state index is 12.3. The number of ether oxygens (including phenoxy) is 2. The van der Waals surface area contributed by atoms with E-state index in [2.05, 4.69) is 30.4 Å². The van der Waals surface area contributed by atoms with Gasteiger partial charge in [-0.3, -0.25) is 4.79 Å². The molecule has 0 bridgehead atoms. The number of nitrogens with zero attached hydrogens (tertiary/aromatic N) is 1. The number of carbonyl (C=O) groups is 1. The molecule has 1 N–H and O–H groups in total. The lowest BCUT2D eigenvalue weighted by Crippen LogP contribution is -2.08. The summed E-state index contributed by atoms with van der Waals surface area (Å²) in [5.74, 6) is 2.13. The monoisotopic (exact) mass is 420 g/mol. The molecule has 31 heavy (non-hydrogen) atoms. The van der Waals surface area contributed by atoms with Crippen molar-refractivity contribution in [2.45, 2.75) is 40.2 Å². The molecule has 0 aliphatic carbocycles. The van der Waals surface area contributed by atoms with Gasteiger partial charge in [-0.25, -0.2) is 0 Å². The van der Waals surface area contributed by atoms with E-state index in [9.17, 15) is 4.79 Å². The number of methoxy groups -OCH3 is 1. The van der Waals surface area contributed by atoms with E-state index in [0.717, 1.165) is 28.3 Å². The zero-order valence-corrected chi connectivity index (χ0v) is 18.6. The van der Waals surface area contributed by atoms with Crippen molar-refractivity contribution >= 4 is 17.7 Å². The van der Waals surface area contributed by atoms with Crippen LogP contribution in [0.1, 0.15) is 47.9 Å². The van der Waals surface area contributed by atoms with Crippen LogP contribution in [0, 0.1) is 13.8 Å². The van der Waals surface area contributed by atoms with Crippen LogP contribution < -0.4 is 14.8 Å². The molecule has 3 rings (SSSR count). The summed E-state index contributed by atoms with van der Waals surface area (Å²) >= 11 is 0. The maximum Gasteiger partial charge on any atom is 0.248 e. The Morgan fingerprint density at radius 3 is 2.65 bits per heavy atom. The summed E-state index contributed by atoms with van der Waals surface area (Å²) in [5.41, 5.74) is 4.51. The molecule has 3 aromatic rings. The molecule has 1 amide bonds. The molecule has 6 heteroatoms. The zero-order valence-electron chi connectivity index (χ0n) is 18.6. The van der Waals surface area contributed by atoms with E-state index in [1.54, 1.807) is 13.2 Å². The normalized spacial score (nSPS) is 11.2. The molecule has 162 valence electrons. The third-order valence-corrected chi connectivity index (χ3v) is 4.99. The van der Waals surface area contributed by atoms with Crippen LogP contribution in [0.2, 0.25) is 0 Å². The molecule has 6 nitrogen and oxygen atoms in total. The first-order chi connectivity index (χ1) is 14.9. The quantitative estimate of drug-likeness (QED) is 0.476. The lowest BCUT2D eigenvalue weighted by atomic mass is 10.0. The molecule has 1 heterocycles. The minimum Gasteiger partial charge on any atom is -0.493 e. The van der Waals surface area contributed by atoms with Crippen LogP contribution in [0.4, 0.5) is 5.69 Å². The first-order valence-corrected chi connectivity index (χ1v) is 10.2. The van der Waals surface area contributed by atoms with Crippen molar-refractivity contribution in [3.05, 3.63) is 76.7 Å². The van der Waals surface area contributed by atoms with Gasteiger partial charge in [0, 0.05) is 11.8 Å². The minimum absolute atomic E-state index is 0.196. The number of carbonyl (C=O) groups excluding carboxylic acids is 1. The summed E-state index contributed by atoms with van der Waals surface area (Å²) < 4.78 is 16.5. The molecule has 0 aliphatic rings. The van der Waals surface area contributed by atoms with Gasteiger partial charge in [0.2, 0.25) is 5.91 Å². The third kappa shape index (κ3) is 5.75. The van der Waals surface area contributed by atoms with Crippen molar-refractivity contribution in [3.63, 3.8) is 0 Å². The third-order valence-electron chi connectivity index (χ3n) is 4.99. The molecule has 0 unspecified atom stereocenters. The second-order valence-electron chi connectivity index (χ2n) is 7.60. The molecule has 0 saturated heterocycles. The largest absolute Gasteiger partial charge is 0.493 e. The second kappa shape index (κ2) is 9.98. The van der Waals surface area contributed by atoms with Gasteiger partial charge in [-0.2, -0.15) is 0 Å². The lowest BCUT2D eigenvalue weighted by Gasteiger charge is -2.11. The van der Waals surface area contributed by atoms with Crippen LogP contribution in [0.5, 0.6) is 11.5 Å². The van der Waals surface area contributed by atoms with Gasteiger partial charge >= 0.3 is 0 Å². The Morgan fingerprint density at radius 2 is 1.97 bits per heavy atom. The molecule has 0 atom stereocenters. The smallest absolute Gasteiger partial charge is 0.248 e. The van der Waals surface area contributed by atoms with Crippen molar-refractivity contribution in [2.75, 3.05) is 12.4 Å². The van der Waals surface area contributed by atoms with E-state index >= 15 is 0 Å². The topological polar surface area (TPSA) is 73.6 Å². The fraction of sp³-hybridized carbons (Fsp3) is 0.280. The van der Waals surface area contributed by atoms with Crippen molar-refractivity contribution in [2.24, 2.45) is 0 Å². The Labute approximate surface area is 182 Å². The van der Waals surface area contributed by atoms with E-state index in [4.69, 9.17) is 14.0 Å². The maximum atomic E-state index is 12.3. The number of aryl methyl sites for hydroxylation is 2. The number of rotatable bonds is 8. The summed E-state index contributed by atoms with van der Waals surface area (Å²) in [6.07, 6.45) is 3.24. The van der Waals surface area contributed by atoms with E-state index in [1.807, 2.05) is 50.2 Å². The number of hydrogen-bond donors (Lipinski definition) is 1. The zero-order chi connectivity index (χ0) is 22.4. The number of hydrogen-bond acceptors (Lipinski definition) is 5. The van der Waals surface area contributed by atoms with Crippen LogP contribution in [0.3, 0.4) is 0 Å². The van der Waals surface area contributed by atoms with E-state index in [-0.39, 0.29) is 5.91 Å². The van der Waals surface area contributed by atoms with Gasteiger partial charge in [-0.05, 0) is 61.2 Å². The van der Waals surface area contributed by atoms with E-state index < -0.39 is 0 Å².